The monoisotopic (exact) mass is 330 g/mol. The molecule has 2 atom stereocenters. The quantitative estimate of drug-likeness (QED) is 0.635. The zero-order valence-corrected chi connectivity index (χ0v) is 13.7. The van der Waals surface area contributed by atoms with E-state index in [1.807, 2.05) is 18.2 Å². The number of hydrogen-bond donors (Lipinski definition) is 3. The van der Waals surface area contributed by atoms with Gasteiger partial charge in [-0.3, -0.25) is 14.4 Å². The maximum Gasteiger partial charge on any atom is 0.246 e. The Balaban J connectivity index is 1.96. The summed E-state index contributed by atoms with van der Waals surface area (Å²) < 4.78 is 0. The highest BCUT2D eigenvalue weighted by Crippen LogP contribution is 2.11. The molecule has 1 heterocycles. The van der Waals surface area contributed by atoms with Crippen molar-refractivity contribution in [1.29, 1.82) is 0 Å². The SMILES string of the molecule is [CH2]CCCC[C@H](NC(=O)[C@H]1CCC(=O)N1)C(=O)Nc1ccccc1. The number of nitrogens with one attached hydrogen (secondary N) is 3. The zero-order valence-electron chi connectivity index (χ0n) is 13.7. The van der Waals surface area contributed by atoms with Gasteiger partial charge in [-0.25, -0.2) is 0 Å². The van der Waals surface area contributed by atoms with Crippen LogP contribution in [0.2, 0.25) is 0 Å². The standard InChI is InChI=1S/C18H24N3O3/c1-2-3-5-10-14(17(23)19-13-8-6-4-7-9-13)21-18(24)15-11-12-16(22)20-15/h4,6-9,14-15H,1-3,5,10-12H2,(H,19,23)(H,20,22)(H,21,24)/t14-,15+/m0/s1. The lowest BCUT2D eigenvalue weighted by atomic mass is 10.1. The van der Waals surface area contributed by atoms with E-state index in [0.29, 0.717) is 24.9 Å². The topological polar surface area (TPSA) is 87.3 Å². The van der Waals surface area contributed by atoms with Gasteiger partial charge in [0, 0.05) is 12.1 Å². The maximum atomic E-state index is 12.5. The summed E-state index contributed by atoms with van der Waals surface area (Å²) in [5.41, 5.74) is 0.688. The lowest BCUT2D eigenvalue weighted by Crippen LogP contribution is -2.50. The smallest absolute Gasteiger partial charge is 0.246 e. The molecular weight excluding hydrogens is 306 g/mol. The van der Waals surface area contributed by atoms with Crippen LogP contribution in [0.1, 0.15) is 38.5 Å². The van der Waals surface area contributed by atoms with Gasteiger partial charge in [-0.2, -0.15) is 0 Å². The molecule has 1 aliphatic rings. The van der Waals surface area contributed by atoms with E-state index in [4.69, 9.17) is 0 Å². The molecule has 1 aromatic carbocycles. The third kappa shape index (κ3) is 5.37. The van der Waals surface area contributed by atoms with Crippen molar-refractivity contribution in [2.75, 3.05) is 5.32 Å². The van der Waals surface area contributed by atoms with Gasteiger partial charge in [0.05, 0.1) is 0 Å². The van der Waals surface area contributed by atoms with Crippen LogP contribution in [0.3, 0.4) is 0 Å². The minimum absolute atomic E-state index is 0.127. The molecule has 129 valence electrons. The summed E-state index contributed by atoms with van der Waals surface area (Å²) in [6, 6.07) is 7.96. The van der Waals surface area contributed by atoms with Crippen molar-refractivity contribution in [2.45, 2.75) is 50.6 Å². The average Bonchev–Trinajstić information content (AvgIpc) is 3.01. The molecule has 0 bridgehead atoms. The number of rotatable bonds is 8. The summed E-state index contributed by atoms with van der Waals surface area (Å²) in [6.07, 6.45) is 3.84. The lowest BCUT2D eigenvalue weighted by Gasteiger charge is -2.20. The first-order chi connectivity index (χ1) is 11.6. The molecule has 0 spiro atoms. The number of para-hydroxylation sites is 1. The highest BCUT2D eigenvalue weighted by Gasteiger charge is 2.30. The van der Waals surface area contributed by atoms with Gasteiger partial charge >= 0.3 is 0 Å². The highest BCUT2D eigenvalue weighted by atomic mass is 16.2. The van der Waals surface area contributed by atoms with Gasteiger partial charge in [-0.05, 0) is 25.0 Å². The van der Waals surface area contributed by atoms with Crippen LogP contribution >= 0.6 is 0 Å². The molecule has 1 aliphatic heterocycles. The second kappa shape index (κ2) is 9.05. The lowest BCUT2D eigenvalue weighted by molar-refractivity contribution is -0.128. The molecule has 0 aliphatic carbocycles. The van der Waals surface area contributed by atoms with Crippen molar-refractivity contribution in [3.8, 4) is 0 Å². The van der Waals surface area contributed by atoms with Gasteiger partial charge in [-0.1, -0.05) is 44.4 Å². The molecular formula is C18H24N3O3. The van der Waals surface area contributed by atoms with Gasteiger partial charge in [0.25, 0.3) is 0 Å². The summed E-state index contributed by atoms with van der Waals surface area (Å²) in [5, 5.41) is 8.21. The predicted molar refractivity (Wildman–Crippen MR) is 92.0 cm³/mol. The maximum absolute atomic E-state index is 12.5. The second-order valence-electron chi connectivity index (χ2n) is 5.92. The number of benzene rings is 1. The van der Waals surface area contributed by atoms with Gasteiger partial charge in [-0.15, -0.1) is 0 Å². The Bertz CT molecular complexity index is 574. The van der Waals surface area contributed by atoms with Crippen LogP contribution in [0.25, 0.3) is 0 Å². The van der Waals surface area contributed by atoms with E-state index in [2.05, 4.69) is 22.9 Å². The Kier molecular flexibility index (Phi) is 6.78. The van der Waals surface area contributed by atoms with Crippen LogP contribution in [-0.2, 0) is 14.4 Å². The van der Waals surface area contributed by atoms with Gasteiger partial charge in [0.15, 0.2) is 0 Å². The number of unbranched alkanes of at least 4 members (excludes halogenated alkanes) is 2. The second-order valence-corrected chi connectivity index (χ2v) is 5.92. The van der Waals surface area contributed by atoms with Crippen molar-refractivity contribution < 1.29 is 14.4 Å². The predicted octanol–water partition coefficient (Wildman–Crippen LogP) is 1.78. The first-order valence-electron chi connectivity index (χ1n) is 8.35. The minimum atomic E-state index is -0.623. The Labute approximate surface area is 142 Å². The largest absolute Gasteiger partial charge is 0.344 e. The molecule has 0 aromatic heterocycles. The van der Waals surface area contributed by atoms with Crippen molar-refractivity contribution >= 4 is 23.4 Å². The van der Waals surface area contributed by atoms with Gasteiger partial charge in [0.2, 0.25) is 17.7 Å². The summed E-state index contributed by atoms with van der Waals surface area (Å²) in [6.45, 7) is 3.79. The van der Waals surface area contributed by atoms with Crippen LogP contribution in [0.4, 0.5) is 5.69 Å². The van der Waals surface area contributed by atoms with E-state index in [1.165, 1.54) is 0 Å². The molecule has 0 saturated carbocycles. The molecule has 1 aromatic rings. The van der Waals surface area contributed by atoms with E-state index in [-0.39, 0.29) is 17.7 Å². The Hall–Kier alpha value is -2.37. The van der Waals surface area contributed by atoms with Crippen LogP contribution in [0.5, 0.6) is 0 Å². The van der Waals surface area contributed by atoms with Crippen LogP contribution in [0, 0.1) is 6.92 Å². The molecule has 2 rings (SSSR count). The summed E-state index contributed by atoms with van der Waals surface area (Å²) in [7, 11) is 0. The number of carbonyl (C=O) groups is 3. The Morgan fingerprint density at radius 2 is 2.00 bits per heavy atom. The van der Waals surface area contributed by atoms with E-state index < -0.39 is 12.1 Å². The Morgan fingerprint density at radius 1 is 1.25 bits per heavy atom. The summed E-state index contributed by atoms with van der Waals surface area (Å²) in [5.74, 6) is -0.677. The third-order valence-corrected chi connectivity index (χ3v) is 3.98. The highest BCUT2D eigenvalue weighted by molar-refractivity contribution is 5.98. The van der Waals surface area contributed by atoms with Crippen molar-refractivity contribution in [1.82, 2.24) is 10.6 Å². The molecule has 24 heavy (non-hydrogen) atoms. The number of anilines is 1. The summed E-state index contributed by atoms with van der Waals surface area (Å²) in [4.78, 5) is 36.0. The van der Waals surface area contributed by atoms with E-state index >= 15 is 0 Å². The molecule has 6 heteroatoms. The minimum Gasteiger partial charge on any atom is -0.344 e. The first kappa shape index (κ1) is 18.0. The van der Waals surface area contributed by atoms with Crippen LogP contribution in [-0.4, -0.2) is 29.8 Å². The fourth-order valence-corrected chi connectivity index (χ4v) is 2.63. The molecule has 1 saturated heterocycles. The van der Waals surface area contributed by atoms with Crippen molar-refractivity contribution in [3.05, 3.63) is 37.3 Å². The Morgan fingerprint density at radius 3 is 2.62 bits per heavy atom. The van der Waals surface area contributed by atoms with Crippen LogP contribution < -0.4 is 16.0 Å². The fraction of sp³-hybridized carbons (Fsp3) is 0.444. The fourth-order valence-electron chi connectivity index (χ4n) is 2.63. The first-order valence-corrected chi connectivity index (χ1v) is 8.35. The number of carbonyl (C=O) groups excluding carboxylic acids is 3. The van der Waals surface area contributed by atoms with Gasteiger partial charge < -0.3 is 16.0 Å². The molecule has 0 unspecified atom stereocenters. The molecule has 1 fully saturated rings. The molecule has 1 radical (unpaired) electrons. The van der Waals surface area contributed by atoms with E-state index in [1.54, 1.807) is 12.1 Å². The number of hydrogen-bond acceptors (Lipinski definition) is 3. The summed E-state index contributed by atoms with van der Waals surface area (Å²) >= 11 is 0. The third-order valence-electron chi connectivity index (χ3n) is 3.98. The molecule has 3 N–H and O–H groups in total. The average molecular weight is 330 g/mol. The van der Waals surface area contributed by atoms with Crippen molar-refractivity contribution in [3.63, 3.8) is 0 Å². The molecule has 6 nitrogen and oxygen atoms in total. The van der Waals surface area contributed by atoms with Crippen molar-refractivity contribution in [2.24, 2.45) is 0 Å². The van der Waals surface area contributed by atoms with Crippen LogP contribution in [0.15, 0.2) is 30.3 Å². The zero-order chi connectivity index (χ0) is 17.4. The molecule has 3 amide bonds. The van der Waals surface area contributed by atoms with E-state index in [0.717, 1.165) is 19.3 Å². The normalized spacial score (nSPS) is 17.9. The number of amides is 3. The van der Waals surface area contributed by atoms with E-state index in [9.17, 15) is 14.4 Å². The van der Waals surface area contributed by atoms with Gasteiger partial charge in [0.1, 0.15) is 12.1 Å².